The van der Waals surface area contributed by atoms with Crippen LogP contribution in [0, 0.1) is 0 Å². The molecule has 0 saturated heterocycles. The zero-order valence-electron chi connectivity index (χ0n) is 9.09. The van der Waals surface area contributed by atoms with Crippen LogP contribution >= 0.6 is 0 Å². The third-order valence-corrected chi connectivity index (χ3v) is 2.35. The van der Waals surface area contributed by atoms with Crippen molar-refractivity contribution in [2.75, 3.05) is 18.5 Å². The lowest BCUT2D eigenvalue weighted by atomic mass is 10.1. The second kappa shape index (κ2) is 5.21. The molecule has 0 radical (unpaired) electrons. The van der Waals surface area contributed by atoms with Gasteiger partial charge in [0.25, 0.3) is 0 Å². The van der Waals surface area contributed by atoms with Gasteiger partial charge in [0.2, 0.25) is 0 Å². The summed E-state index contributed by atoms with van der Waals surface area (Å²) in [7, 11) is 1.64. The first-order valence-corrected chi connectivity index (χ1v) is 5.00. The van der Waals surface area contributed by atoms with E-state index in [1.165, 1.54) is 0 Å². The van der Waals surface area contributed by atoms with Crippen LogP contribution in [0.2, 0.25) is 0 Å². The van der Waals surface area contributed by atoms with Gasteiger partial charge in [-0.3, -0.25) is 0 Å². The zero-order valence-corrected chi connectivity index (χ0v) is 9.09. The van der Waals surface area contributed by atoms with Crippen LogP contribution in [0.5, 0.6) is 0 Å². The van der Waals surface area contributed by atoms with Gasteiger partial charge in [0.05, 0.1) is 6.42 Å². The Balaban J connectivity index is 2.69. The molecule has 1 aromatic rings. The van der Waals surface area contributed by atoms with Gasteiger partial charge < -0.3 is 10.6 Å². The van der Waals surface area contributed by atoms with E-state index < -0.39 is 12.6 Å². The van der Waals surface area contributed by atoms with Gasteiger partial charge in [-0.05, 0) is 11.6 Å². The number of anilines is 1. The fraction of sp³-hybridized carbons (Fsp3) is 0.455. The van der Waals surface area contributed by atoms with Crippen LogP contribution in [0.1, 0.15) is 12.0 Å². The SMILES string of the molecule is CN(CCC(F)(F)F)c1ccccc1CN. The molecule has 0 amide bonds. The highest BCUT2D eigenvalue weighted by Crippen LogP contribution is 2.23. The minimum atomic E-state index is -4.12. The molecule has 0 atom stereocenters. The van der Waals surface area contributed by atoms with Crippen molar-refractivity contribution in [1.29, 1.82) is 0 Å². The van der Waals surface area contributed by atoms with E-state index in [2.05, 4.69) is 0 Å². The van der Waals surface area contributed by atoms with Gasteiger partial charge in [-0.25, -0.2) is 0 Å². The van der Waals surface area contributed by atoms with E-state index in [9.17, 15) is 13.2 Å². The van der Waals surface area contributed by atoms with Gasteiger partial charge in [-0.1, -0.05) is 18.2 Å². The van der Waals surface area contributed by atoms with Gasteiger partial charge in [0.15, 0.2) is 0 Å². The summed E-state index contributed by atoms with van der Waals surface area (Å²) in [4.78, 5) is 1.58. The van der Waals surface area contributed by atoms with E-state index in [0.29, 0.717) is 6.54 Å². The minimum Gasteiger partial charge on any atom is -0.374 e. The molecule has 1 aromatic carbocycles. The molecule has 2 nitrogen and oxygen atoms in total. The Morgan fingerprint density at radius 2 is 1.88 bits per heavy atom. The summed E-state index contributed by atoms with van der Waals surface area (Å²) in [6.07, 6.45) is -4.94. The molecule has 0 unspecified atom stereocenters. The summed E-state index contributed by atoms with van der Waals surface area (Å²) in [5, 5.41) is 0. The molecule has 0 aliphatic carbocycles. The zero-order chi connectivity index (χ0) is 12.2. The lowest BCUT2D eigenvalue weighted by molar-refractivity contribution is -0.132. The maximum Gasteiger partial charge on any atom is 0.390 e. The highest BCUT2D eigenvalue weighted by atomic mass is 19.4. The Kier molecular flexibility index (Phi) is 4.18. The van der Waals surface area contributed by atoms with Crippen molar-refractivity contribution >= 4 is 5.69 Å². The molecule has 0 aromatic heterocycles. The third-order valence-electron chi connectivity index (χ3n) is 2.35. The average Bonchev–Trinajstić information content (AvgIpc) is 2.25. The van der Waals surface area contributed by atoms with Crippen LogP contribution in [0.15, 0.2) is 24.3 Å². The Hall–Kier alpha value is -1.23. The van der Waals surface area contributed by atoms with Gasteiger partial charge in [-0.15, -0.1) is 0 Å². The van der Waals surface area contributed by atoms with E-state index in [4.69, 9.17) is 5.73 Å². The minimum absolute atomic E-state index is 0.0550. The monoisotopic (exact) mass is 232 g/mol. The average molecular weight is 232 g/mol. The number of hydrogen-bond donors (Lipinski definition) is 1. The Labute approximate surface area is 92.9 Å². The molecule has 0 saturated carbocycles. The number of nitrogens with two attached hydrogens (primary N) is 1. The Morgan fingerprint density at radius 3 is 2.44 bits per heavy atom. The highest BCUT2D eigenvalue weighted by molar-refractivity contribution is 5.52. The van der Waals surface area contributed by atoms with E-state index in [1.54, 1.807) is 24.1 Å². The molecule has 0 aliphatic heterocycles. The normalized spacial score (nSPS) is 11.6. The quantitative estimate of drug-likeness (QED) is 0.864. The summed E-state index contributed by atoms with van der Waals surface area (Å²) in [6.45, 7) is 0.271. The topological polar surface area (TPSA) is 29.3 Å². The van der Waals surface area contributed by atoms with Crippen LogP contribution in [0.3, 0.4) is 0 Å². The molecular weight excluding hydrogens is 217 g/mol. The summed E-state index contributed by atoms with van der Waals surface area (Å²) < 4.78 is 36.2. The maximum absolute atomic E-state index is 12.1. The van der Waals surface area contributed by atoms with E-state index in [-0.39, 0.29) is 6.54 Å². The predicted octanol–water partition coefficient (Wildman–Crippen LogP) is 2.53. The Bertz CT molecular complexity index is 336. The van der Waals surface area contributed by atoms with Gasteiger partial charge in [0, 0.05) is 25.8 Å². The fourth-order valence-electron chi connectivity index (χ4n) is 1.47. The third kappa shape index (κ3) is 3.73. The van der Waals surface area contributed by atoms with Crippen LogP contribution in [0.25, 0.3) is 0 Å². The van der Waals surface area contributed by atoms with Crippen molar-refractivity contribution < 1.29 is 13.2 Å². The van der Waals surface area contributed by atoms with Crippen LogP contribution in [-0.2, 0) is 6.54 Å². The number of alkyl halides is 3. The molecule has 0 fully saturated rings. The van der Waals surface area contributed by atoms with Crippen molar-refractivity contribution in [3.05, 3.63) is 29.8 Å². The van der Waals surface area contributed by atoms with E-state index in [0.717, 1.165) is 11.3 Å². The molecule has 0 heterocycles. The first-order chi connectivity index (χ1) is 7.44. The van der Waals surface area contributed by atoms with Crippen molar-refractivity contribution in [3.63, 3.8) is 0 Å². The number of hydrogen-bond acceptors (Lipinski definition) is 2. The molecule has 2 N–H and O–H groups in total. The van der Waals surface area contributed by atoms with E-state index >= 15 is 0 Å². The molecule has 0 bridgehead atoms. The lowest BCUT2D eigenvalue weighted by Gasteiger charge is -2.22. The van der Waals surface area contributed by atoms with Crippen LogP contribution < -0.4 is 10.6 Å². The van der Waals surface area contributed by atoms with Gasteiger partial charge in [-0.2, -0.15) is 13.2 Å². The molecular formula is C11H15F3N2. The second-order valence-electron chi connectivity index (χ2n) is 3.62. The first-order valence-electron chi connectivity index (χ1n) is 5.00. The second-order valence-corrected chi connectivity index (χ2v) is 3.62. The summed E-state index contributed by atoms with van der Waals surface area (Å²) in [6, 6.07) is 7.21. The summed E-state index contributed by atoms with van der Waals surface area (Å²) in [5.74, 6) is 0. The number of benzene rings is 1. The summed E-state index contributed by atoms with van der Waals surface area (Å²) in [5.41, 5.74) is 7.13. The molecule has 0 spiro atoms. The Morgan fingerprint density at radius 1 is 1.25 bits per heavy atom. The van der Waals surface area contributed by atoms with Crippen molar-refractivity contribution in [2.24, 2.45) is 5.73 Å². The summed E-state index contributed by atoms with van der Waals surface area (Å²) >= 11 is 0. The predicted molar refractivity (Wildman–Crippen MR) is 58.3 cm³/mol. The standard InChI is InChI=1S/C11H15F3N2/c1-16(7-6-11(12,13)14)10-5-3-2-4-9(10)8-15/h2-5H,6-8,15H2,1H3. The molecule has 0 aliphatic rings. The number of halogens is 3. The van der Waals surface area contributed by atoms with Gasteiger partial charge >= 0.3 is 6.18 Å². The van der Waals surface area contributed by atoms with Crippen molar-refractivity contribution in [2.45, 2.75) is 19.1 Å². The highest BCUT2D eigenvalue weighted by Gasteiger charge is 2.27. The van der Waals surface area contributed by atoms with Crippen LogP contribution in [0.4, 0.5) is 18.9 Å². The number of para-hydroxylation sites is 1. The number of rotatable bonds is 4. The first kappa shape index (κ1) is 12.8. The molecule has 5 heteroatoms. The fourth-order valence-corrected chi connectivity index (χ4v) is 1.47. The van der Waals surface area contributed by atoms with Crippen LogP contribution in [-0.4, -0.2) is 19.8 Å². The van der Waals surface area contributed by atoms with Gasteiger partial charge in [0.1, 0.15) is 0 Å². The van der Waals surface area contributed by atoms with Crippen molar-refractivity contribution in [1.82, 2.24) is 0 Å². The number of nitrogens with zero attached hydrogens (tertiary/aromatic N) is 1. The molecule has 16 heavy (non-hydrogen) atoms. The van der Waals surface area contributed by atoms with Crippen molar-refractivity contribution in [3.8, 4) is 0 Å². The molecule has 1 rings (SSSR count). The molecule has 90 valence electrons. The van der Waals surface area contributed by atoms with E-state index in [1.807, 2.05) is 12.1 Å². The lowest BCUT2D eigenvalue weighted by Crippen LogP contribution is -2.25. The largest absolute Gasteiger partial charge is 0.390 e. The smallest absolute Gasteiger partial charge is 0.374 e. The maximum atomic E-state index is 12.1.